The average Bonchev–Trinajstić information content (AvgIpc) is 3.52. The quantitative estimate of drug-likeness (QED) is 0.790. The lowest BCUT2D eigenvalue weighted by Crippen LogP contribution is -2.59. The van der Waals surface area contributed by atoms with Crippen LogP contribution in [-0.2, 0) is 11.2 Å². The molecule has 6 nitrogen and oxygen atoms in total. The maximum atomic E-state index is 14.3. The molecule has 2 fully saturated rings. The van der Waals surface area contributed by atoms with Crippen molar-refractivity contribution < 1.29 is 13.9 Å². The first-order valence-electron chi connectivity index (χ1n) is 9.57. The second-order valence-electron chi connectivity index (χ2n) is 7.66. The van der Waals surface area contributed by atoms with E-state index >= 15 is 0 Å². The Morgan fingerprint density at radius 1 is 1.25 bits per heavy atom. The highest BCUT2D eigenvalue weighted by atomic mass is 35.5. The zero-order valence-corrected chi connectivity index (χ0v) is 16.0. The molecule has 1 amide bonds. The molecule has 1 atom stereocenters. The first kappa shape index (κ1) is 17.7. The highest BCUT2D eigenvalue weighted by molar-refractivity contribution is 6.29. The van der Waals surface area contributed by atoms with Crippen LogP contribution in [0.5, 0.6) is 5.75 Å². The van der Waals surface area contributed by atoms with E-state index in [4.69, 9.17) is 16.3 Å². The molecule has 0 spiro atoms. The molecule has 3 heterocycles. The Balaban J connectivity index is 1.25. The van der Waals surface area contributed by atoms with Crippen LogP contribution in [0, 0.1) is 5.82 Å². The summed E-state index contributed by atoms with van der Waals surface area (Å²) >= 11 is 5.88. The molecule has 2 aromatic rings. The molecule has 1 unspecified atom stereocenters. The van der Waals surface area contributed by atoms with Crippen molar-refractivity contribution in [2.24, 2.45) is 0 Å². The van der Waals surface area contributed by atoms with Gasteiger partial charge in [0.2, 0.25) is 5.91 Å². The molecule has 1 aliphatic carbocycles. The van der Waals surface area contributed by atoms with Crippen LogP contribution in [0.15, 0.2) is 24.3 Å². The number of rotatable bonds is 3. The molecule has 1 aromatic carbocycles. The normalized spacial score (nSPS) is 21.0. The topological polar surface area (TPSA) is 58.6 Å². The van der Waals surface area contributed by atoms with Crippen molar-refractivity contribution in [3.63, 3.8) is 0 Å². The molecule has 1 aromatic heterocycles. The van der Waals surface area contributed by atoms with E-state index < -0.39 is 0 Å². The summed E-state index contributed by atoms with van der Waals surface area (Å²) in [4.78, 5) is 16.7. The number of carbonyl (C=O) groups excluding carboxylic acids is 1. The predicted octanol–water partition coefficient (Wildman–Crippen LogP) is 2.80. The standard InChI is InChI=1S/C20H20ClFN4O2/c21-18-9-17-20(24-23-18)26-6-5-25(10-14(26)11-28-17)19(27)8-12-1-4-15(13-2-3-13)16(22)7-12/h1,4,7,9,13-14H,2-3,5-6,8,10-11H2. The summed E-state index contributed by atoms with van der Waals surface area (Å²) in [5.41, 5.74) is 1.50. The highest BCUT2D eigenvalue weighted by Crippen LogP contribution is 2.41. The Bertz CT molecular complexity index is 936. The number of fused-ring (bicyclic) bond motifs is 3. The number of aromatic nitrogens is 2. The average molecular weight is 403 g/mol. The summed E-state index contributed by atoms with van der Waals surface area (Å²) in [6.45, 7) is 2.24. The maximum Gasteiger partial charge on any atom is 0.227 e. The molecule has 3 aliphatic rings. The van der Waals surface area contributed by atoms with Crippen LogP contribution in [0.4, 0.5) is 10.2 Å². The Morgan fingerprint density at radius 2 is 2.11 bits per heavy atom. The predicted molar refractivity (Wildman–Crippen MR) is 102 cm³/mol. The number of amides is 1. The molecule has 1 saturated carbocycles. The van der Waals surface area contributed by atoms with Gasteiger partial charge in [-0.2, -0.15) is 0 Å². The van der Waals surface area contributed by atoms with Crippen LogP contribution in [-0.4, -0.2) is 53.3 Å². The maximum absolute atomic E-state index is 14.3. The molecule has 2 aliphatic heterocycles. The van der Waals surface area contributed by atoms with E-state index in [0.29, 0.717) is 48.9 Å². The molecular weight excluding hydrogens is 383 g/mol. The van der Waals surface area contributed by atoms with Gasteiger partial charge in [-0.1, -0.05) is 23.7 Å². The van der Waals surface area contributed by atoms with E-state index in [1.54, 1.807) is 6.07 Å². The lowest BCUT2D eigenvalue weighted by Gasteiger charge is -2.44. The summed E-state index contributed by atoms with van der Waals surface area (Å²) in [5, 5.41) is 8.35. The minimum atomic E-state index is -0.188. The molecule has 28 heavy (non-hydrogen) atoms. The molecule has 5 rings (SSSR count). The number of nitrogens with zero attached hydrogens (tertiary/aromatic N) is 4. The van der Waals surface area contributed by atoms with Crippen molar-refractivity contribution in [1.82, 2.24) is 15.1 Å². The van der Waals surface area contributed by atoms with Crippen molar-refractivity contribution in [2.45, 2.75) is 31.2 Å². The number of halogens is 2. The van der Waals surface area contributed by atoms with Crippen LogP contribution >= 0.6 is 11.6 Å². The molecule has 0 bridgehead atoms. The van der Waals surface area contributed by atoms with Gasteiger partial charge in [-0.05, 0) is 36.0 Å². The van der Waals surface area contributed by atoms with Gasteiger partial charge in [0, 0.05) is 25.7 Å². The third kappa shape index (κ3) is 3.28. The third-order valence-corrected chi connectivity index (χ3v) is 5.87. The molecular formula is C20H20ClFN4O2. The molecule has 0 radical (unpaired) electrons. The van der Waals surface area contributed by atoms with E-state index in [1.807, 2.05) is 17.0 Å². The van der Waals surface area contributed by atoms with E-state index in [-0.39, 0.29) is 24.2 Å². The van der Waals surface area contributed by atoms with Crippen molar-refractivity contribution in [3.05, 3.63) is 46.4 Å². The van der Waals surface area contributed by atoms with E-state index in [2.05, 4.69) is 15.1 Å². The van der Waals surface area contributed by atoms with Crippen molar-refractivity contribution in [1.29, 1.82) is 0 Å². The van der Waals surface area contributed by atoms with Crippen LogP contribution in [0.25, 0.3) is 0 Å². The lowest BCUT2D eigenvalue weighted by molar-refractivity contribution is -0.131. The monoisotopic (exact) mass is 402 g/mol. The number of ether oxygens (including phenoxy) is 1. The SMILES string of the molecule is O=C(Cc1ccc(C2CC2)c(F)c1)N1CCN2c3nnc(Cl)cc3OCC2C1. The Hall–Kier alpha value is -2.41. The van der Waals surface area contributed by atoms with Crippen LogP contribution in [0.1, 0.15) is 29.9 Å². The fourth-order valence-electron chi connectivity index (χ4n) is 4.03. The number of benzene rings is 1. The van der Waals surface area contributed by atoms with Gasteiger partial charge in [0.1, 0.15) is 12.4 Å². The molecule has 146 valence electrons. The Labute approximate surface area is 167 Å². The van der Waals surface area contributed by atoms with Gasteiger partial charge in [0.05, 0.1) is 12.5 Å². The zero-order chi connectivity index (χ0) is 19.3. The highest BCUT2D eigenvalue weighted by Gasteiger charge is 2.36. The Morgan fingerprint density at radius 3 is 2.89 bits per heavy atom. The molecule has 8 heteroatoms. The van der Waals surface area contributed by atoms with Gasteiger partial charge >= 0.3 is 0 Å². The zero-order valence-electron chi connectivity index (χ0n) is 15.3. The second kappa shape index (κ2) is 6.88. The van der Waals surface area contributed by atoms with Crippen molar-refractivity contribution in [2.75, 3.05) is 31.1 Å². The first-order valence-corrected chi connectivity index (χ1v) is 9.95. The van der Waals surface area contributed by atoms with Crippen molar-refractivity contribution >= 4 is 23.3 Å². The smallest absolute Gasteiger partial charge is 0.227 e. The Kier molecular flexibility index (Phi) is 4.34. The summed E-state index contributed by atoms with van der Waals surface area (Å²) in [5.74, 6) is 1.48. The summed E-state index contributed by atoms with van der Waals surface area (Å²) in [6, 6.07) is 6.92. The van der Waals surface area contributed by atoms with E-state index in [1.165, 1.54) is 6.07 Å². The van der Waals surface area contributed by atoms with Gasteiger partial charge in [-0.3, -0.25) is 4.79 Å². The molecule has 1 saturated heterocycles. The lowest BCUT2D eigenvalue weighted by atomic mass is 10.0. The number of anilines is 1. The first-order chi connectivity index (χ1) is 13.6. The van der Waals surface area contributed by atoms with Crippen LogP contribution in [0.3, 0.4) is 0 Å². The number of piperazine rings is 1. The van der Waals surface area contributed by atoms with Gasteiger partial charge in [-0.15, -0.1) is 10.2 Å². The second-order valence-corrected chi connectivity index (χ2v) is 8.05. The van der Waals surface area contributed by atoms with Gasteiger partial charge in [0.25, 0.3) is 0 Å². The fraction of sp³-hybridized carbons (Fsp3) is 0.450. The number of carbonyl (C=O) groups is 1. The minimum Gasteiger partial charge on any atom is -0.487 e. The minimum absolute atomic E-state index is 0.00575. The summed E-state index contributed by atoms with van der Waals surface area (Å²) < 4.78 is 20.0. The number of hydrogen-bond donors (Lipinski definition) is 0. The van der Waals surface area contributed by atoms with Gasteiger partial charge < -0.3 is 14.5 Å². The molecule has 0 N–H and O–H groups in total. The van der Waals surface area contributed by atoms with E-state index in [0.717, 1.165) is 24.0 Å². The fourth-order valence-corrected chi connectivity index (χ4v) is 4.17. The van der Waals surface area contributed by atoms with Gasteiger partial charge in [-0.25, -0.2) is 4.39 Å². The van der Waals surface area contributed by atoms with Crippen LogP contribution in [0.2, 0.25) is 5.15 Å². The largest absolute Gasteiger partial charge is 0.487 e. The van der Waals surface area contributed by atoms with E-state index in [9.17, 15) is 9.18 Å². The third-order valence-electron chi connectivity index (χ3n) is 5.69. The summed E-state index contributed by atoms with van der Waals surface area (Å²) in [6.07, 6.45) is 2.33. The number of hydrogen-bond acceptors (Lipinski definition) is 5. The summed E-state index contributed by atoms with van der Waals surface area (Å²) in [7, 11) is 0. The van der Waals surface area contributed by atoms with Crippen molar-refractivity contribution in [3.8, 4) is 5.75 Å². The van der Waals surface area contributed by atoms with Gasteiger partial charge in [0.15, 0.2) is 16.7 Å². The van der Waals surface area contributed by atoms with Crippen LogP contribution < -0.4 is 9.64 Å².